The van der Waals surface area contributed by atoms with Crippen molar-refractivity contribution in [2.24, 2.45) is 5.92 Å². The van der Waals surface area contributed by atoms with Crippen LogP contribution < -0.4 is 5.32 Å². The van der Waals surface area contributed by atoms with Gasteiger partial charge < -0.3 is 10.1 Å². The first kappa shape index (κ1) is 12.4. The smallest absolute Gasteiger partial charge is 0.0810 e. The molecule has 2 fully saturated rings. The number of ether oxygens (including phenoxy) is 1. The summed E-state index contributed by atoms with van der Waals surface area (Å²) in [6, 6.07) is 0. The van der Waals surface area contributed by atoms with E-state index in [0.717, 1.165) is 19.0 Å². The van der Waals surface area contributed by atoms with Crippen molar-refractivity contribution in [3.63, 3.8) is 0 Å². The van der Waals surface area contributed by atoms with Crippen molar-refractivity contribution in [1.29, 1.82) is 0 Å². The first-order valence-electron chi connectivity index (χ1n) is 7.13. The second kappa shape index (κ2) is 5.50. The molecule has 0 radical (unpaired) electrons. The molecule has 94 valence electrons. The van der Waals surface area contributed by atoms with Gasteiger partial charge in [0.2, 0.25) is 0 Å². The lowest BCUT2D eigenvalue weighted by Gasteiger charge is -2.44. The molecule has 0 spiro atoms. The van der Waals surface area contributed by atoms with E-state index in [4.69, 9.17) is 4.74 Å². The average molecular weight is 225 g/mol. The number of nitrogens with one attached hydrogen (secondary N) is 1. The van der Waals surface area contributed by atoms with Gasteiger partial charge in [-0.1, -0.05) is 13.8 Å². The summed E-state index contributed by atoms with van der Waals surface area (Å²) in [4.78, 5) is 0. The maximum absolute atomic E-state index is 6.40. The highest BCUT2D eigenvalue weighted by atomic mass is 16.5. The molecule has 0 saturated heterocycles. The fourth-order valence-electron chi connectivity index (χ4n) is 2.82. The summed E-state index contributed by atoms with van der Waals surface area (Å²) in [6.07, 6.45) is 9.75. The third kappa shape index (κ3) is 2.98. The second-order valence-corrected chi connectivity index (χ2v) is 5.82. The molecule has 2 aliphatic carbocycles. The van der Waals surface area contributed by atoms with Gasteiger partial charge in [0.25, 0.3) is 0 Å². The third-order valence-corrected chi connectivity index (χ3v) is 4.35. The molecule has 16 heavy (non-hydrogen) atoms. The Morgan fingerprint density at radius 2 is 1.88 bits per heavy atom. The molecule has 0 aromatic rings. The van der Waals surface area contributed by atoms with Crippen molar-refractivity contribution < 1.29 is 4.74 Å². The van der Waals surface area contributed by atoms with Gasteiger partial charge in [0.15, 0.2) is 0 Å². The van der Waals surface area contributed by atoms with E-state index in [1.165, 1.54) is 44.9 Å². The lowest BCUT2D eigenvalue weighted by molar-refractivity contribution is -0.140. The van der Waals surface area contributed by atoms with Gasteiger partial charge in [0, 0.05) is 6.54 Å². The van der Waals surface area contributed by atoms with Gasteiger partial charge in [0.1, 0.15) is 0 Å². The molecule has 2 saturated carbocycles. The van der Waals surface area contributed by atoms with Crippen LogP contribution in [-0.4, -0.2) is 24.8 Å². The van der Waals surface area contributed by atoms with E-state index in [1.807, 2.05) is 0 Å². The number of rotatable bonds is 5. The molecule has 2 heteroatoms. The maximum Gasteiger partial charge on any atom is 0.0810 e. The van der Waals surface area contributed by atoms with E-state index in [0.29, 0.717) is 6.10 Å². The molecule has 0 heterocycles. The Hall–Kier alpha value is -0.0800. The standard InChI is InChI=1S/C14H27NO/c1-3-15-11-14(16-13-5-4-6-13)9-7-12(2)8-10-14/h12-13,15H,3-11H2,1-2H3. The fourth-order valence-corrected chi connectivity index (χ4v) is 2.82. The van der Waals surface area contributed by atoms with Gasteiger partial charge in [-0.25, -0.2) is 0 Å². The van der Waals surface area contributed by atoms with Crippen LogP contribution in [0, 0.1) is 5.92 Å². The minimum absolute atomic E-state index is 0.174. The lowest BCUT2D eigenvalue weighted by atomic mass is 9.78. The van der Waals surface area contributed by atoms with Crippen molar-refractivity contribution in [2.45, 2.75) is 70.5 Å². The van der Waals surface area contributed by atoms with Crippen molar-refractivity contribution in [3.05, 3.63) is 0 Å². The van der Waals surface area contributed by atoms with E-state index in [9.17, 15) is 0 Å². The van der Waals surface area contributed by atoms with Gasteiger partial charge in [0.05, 0.1) is 11.7 Å². The zero-order chi connectivity index (χ0) is 11.4. The summed E-state index contributed by atoms with van der Waals surface area (Å²) in [5, 5.41) is 3.50. The topological polar surface area (TPSA) is 21.3 Å². The molecule has 2 rings (SSSR count). The van der Waals surface area contributed by atoms with Crippen LogP contribution in [0.1, 0.15) is 58.8 Å². The highest BCUT2D eigenvalue weighted by Gasteiger charge is 2.38. The highest BCUT2D eigenvalue weighted by molar-refractivity contribution is 4.90. The molecule has 0 aromatic heterocycles. The Labute approximate surface area is 100 Å². The summed E-state index contributed by atoms with van der Waals surface area (Å²) >= 11 is 0. The molecule has 0 aliphatic heterocycles. The van der Waals surface area contributed by atoms with Gasteiger partial charge in [-0.2, -0.15) is 0 Å². The van der Waals surface area contributed by atoms with E-state index >= 15 is 0 Å². The van der Waals surface area contributed by atoms with Crippen LogP contribution in [0.5, 0.6) is 0 Å². The van der Waals surface area contributed by atoms with Crippen LogP contribution in [0.2, 0.25) is 0 Å². The first-order valence-corrected chi connectivity index (χ1v) is 7.13. The van der Waals surface area contributed by atoms with Crippen molar-refractivity contribution in [2.75, 3.05) is 13.1 Å². The summed E-state index contributed by atoms with van der Waals surface area (Å²) in [6.45, 7) is 6.68. The van der Waals surface area contributed by atoms with Gasteiger partial charge in [-0.15, -0.1) is 0 Å². The Balaban J connectivity index is 1.88. The molecule has 1 N–H and O–H groups in total. The quantitative estimate of drug-likeness (QED) is 0.776. The zero-order valence-electron chi connectivity index (χ0n) is 10.9. The minimum Gasteiger partial charge on any atom is -0.370 e. The number of likely N-dealkylation sites (N-methyl/N-ethyl adjacent to an activating group) is 1. The highest BCUT2D eigenvalue weighted by Crippen LogP contribution is 2.38. The molecule has 0 bridgehead atoms. The zero-order valence-corrected chi connectivity index (χ0v) is 10.9. The molecular weight excluding hydrogens is 198 g/mol. The Morgan fingerprint density at radius 1 is 1.19 bits per heavy atom. The summed E-state index contributed by atoms with van der Waals surface area (Å²) in [5.74, 6) is 0.903. The van der Waals surface area contributed by atoms with Crippen LogP contribution in [-0.2, 0) is 4.74 Å². The number of hydrogen-bond donors (Lipinski definition) is 1. The lowest BCUT2D eigenvalue weighted by Crippen LogP contribution is -2.49. The summed E-state index contributed by atoms with van der Waals surface area (Å²) in [5.41, 5.74) is 0.174. The monoisotopic (exact) mass is 225 g/mol. The van der Waals surface area contributed by atoms with Crippen LogP contribution >= 0.6 is 0 Å². The Morgan fingerprint density at radius 3 is 2.38 bits per heavy atom. The SMILES string of the molecule is CCNCC1(OC2CCC2)CCC(C)CC1. The fraction of sp³-hybridized carbons (Fsp3) is 1.00. The van der Waals surface area contributed by atoms with Crippen molar-refractivity contribution in [1.82, 2.24) is 5.32 Å². The largest absolute Gasteiger partial charge is 0.370 e. The van der Waals surface area contributed by atoms with E-state index in [1.54, 1.807) is 0 Å². The molecule has 0 amide bonds. The van der Waals surface area contributed by atoms with Crippen LogP contribution in [0.3, 0.4) is 0 Å². The molecule has 2 nitrogen and oxygen atoms in total. The minimum atomic E-state index is 0.174. The maximum atomic E-state index is 6.40. The van der Waals surface area contributed by atoms with E-state index in [-0.39, 0.29) is 5.60 Å². The summed E-state index contributed by atoms with van der Waals surface area (Å²) < 4.78 is 6.40. The van der Waals surface area contributed by atoms with Crippen LogP contribution in [0.25, 0.3) is 0 Å². The predicted molar refractivity (Wildman–Crippen MR) is 67.6 cm³/mol. The van der Waals surface area contributed by atoms with E-state index < -0.39 is 0 Å². The first-order chi connectivity index (χ1) is 7.74. The van der Waals surface area contributed by atoms with Gasteiger partial charge in [-0.3, -0.25) is 0 Å². The van der Waals surface area contributed by atoms with E-state index in [2.05, 4.69) is 19.2 Å². The summed E-state index contributed by atoms with van der Waals surface area (Å²) in [7, 11) is 0. The Kier molecular flexibility index (Phi) is 4.26. The third-order valence-electron chi connectivity index (χ3n) is 4.35. The van der Waals surface area contributed by atoms with Crippen LogP contribution in [0.15, 0.2) is 0 Å². The van der Waals surface area contributed by atoms with Crippen LogP contribution in [0.4, 0.5) is 0 Å². The molecule has 2 aliphatic rings. The molecule has 0 atom stereocenters. The molecule has 0 unspecified atom stereocenters. The van der Waals surface area contributed by atoms with Gasteiger partial charge in [-0.05, 0) is 57.4 Å². The second-order valence-electron chi connectivity index (χ2n) is 5.82. The molecular formula is C14H27NO. The van der Waals surface area contributed by atoms with Crippen molar-refractivity contribution in [3.8, 4) is 0 Å². The number of hydrogen-bond acceptors (Lipinski definition) is 2. The van der Waals surface area contributed by atoms with Crippen molar-refractivity contribution >= 4 is 0 Å². The Bertz CT molecular complexity index is 199. The molecule has 0 aromatic carbocycles. The normalized spacial score (nSPS) is 36.0. The van der Waals surface area contributed by atoms with Gasteiger partial charge >= 0.3 is 0 Å². The average Bonchev–Trinajstić information content (AvgIpc) is 2.25. The predicted octanol–water partition coefficient (Wildman–Crippen LogP) is 3.11.